The molecule has 1 fully saturated rings. The zero-order valence-corrected chi connectivity index (χ0v) is 19.0. The van der Waals surface area contributed by atoms with E-state index in [1.54, 1.807) is 18.5 Å². The fraction of sp³-hybridized carbons (Fsp3) is 0.333. The molecule has 1 aliphatic heterocycles. The molecule has 1 unspecified atom stereocenters. The maximum absolute atomic E-state index is 14.9. The van der Waals surface area contributed by atoms with Gasteiger partial charge in [0.15, 0.2) is 5.82 Å². The molecule has 7 nitrogen and oxygen atoms in total. The lowest BCUT2D eigenvalue weighted by molar-refractivity contribution is 0.322. The number of halogens is 1. The molecule has 0 aliphatic carbocycles. The van der Waals surface area contributed by atoms with Crippen molar-refractivity contribution in [2.45, 2.75) is 30.8 Å². The van der Waals surface area contributed by atoms with Crippen LogP contribution in [0, 0.1) is 12.7 Å². The average Bonchev–Trinajstić information content (AvgIpc) is 3.41. The summed E-state index contributed by atoms with van der Waals surface area (Å²) < 4.78 is 42.4. The Morgan fingerprint density at radius 2 is 2.16 bits per heavy atom. The van der Waals surface area contributed by atoms with Crippen molar-refractivity contribution in [3.05, 3.63) is 64.5 Å². The summed E-state index contributed by atoms with van der Waals surface area (Å²) in [6.45, 7) is 4.34. The summed E-state index contributed by atoms with van der Waals surface area (Å²) >= 11 is 1.26. The topological polar surface area (TPSA) is 78.4 Å². The van der Waals surface area contributed by atoms with Gasteiger partial charge in [-0.25, -0.2) is 17.8 Å². The summed E-state index contributed by atoms with van der Waals surface area (Å²) in [6.07, 6.45) is 2.73. The van der Waals surface area contributed by atoms with Crippen LogP contribution in [0.4, 0.5) is 15.9 Å². The van der Waals surface area contributed by atoms with Crippen molar-refractivity contribution in [1.82, 2.24) is 14.9 Å². The third-order valence-corrected chi connectivity index (χ3v) is 7.45. The van der Waals surface area contributed by atoms with Crippen molar-refractivity contribution in [3.8, 4) is 0 Å². The summed E-state index contributed by atoms with van der Waals surface area (Å²) in [6, 6.07) is 8.79. The second-order valence-electron chi connectivity index (χ2n) is 7.66. The van der Waals surface area contributed by atoms with E-state index in [-0.39, 0.29) is 16.8 Å². The second kappa shape index (κ2) is 8.89. The van der Waals surface area contributed by atoms with Gasteiger partial charge in [0.1, 0.15) is 10.7 Å². The van der Waals surface area contributed by atoms with Gasteiger partial charge in [0.25, 0.3) is 10.0 Å². The summed E-state index contributed by atoms with van der Waals surface area (Å²) in [5.74, 6) is -0.597. The molecule has 0 spiro atoms. The number of rotatable bonds is 7. The van der Waals surface area contributed by atoms with Crippen LogP contribution in [0.3, 0.4) is 0 Å². The summed E-state index contributed by atoms with van der Waals surface area (Å²) in [5.41, 5.74) is 3.92. The smallest absolute Gasteiger partial charge is 0.266 e. The molecular formula is C21H24FN5O2S2. The Hall–Kier alpha value is -2.56. The summed E-state index contributed by atoms with van der Waals surface area (Å²) in [7, 11) is -2.13. The summed E-state index contributed by atoms with van der Waals surface area (Å²) in [5, 5.41) is 1.56. The van der Waals surface area contributed by atoms with E-state index in [0.29, 0.717) is 11.3 Å². The Labute approximate surface area is 185 Å². The van der Waals surface area contributed by atoms with E-state index >= 15 is 0 Å². The first-order chi connectivity index (χ1) is 14.8. The molecule has 1 saturated heterocycles. The number of sulfonamides is 1. The number of anilines is 2. The Bertz CT molecular complexity index is 1140. The molecule has 0 amide bonds. The standard InChI is InChI=1S/C21H24FN5O2S2/c1-15-9-20(31(28,29)25-21-13-30-14-24-21)18(22)10-19(15)26(2)17-6-8-27(12-17)11-16-5-3-4-7-23-16/h3-5,7,9-10,13-14,17,25H,6,8,11-12H2,1-2H3. The summed E-state index contributed by atoms with van der Waals surface area (Å²) in [4.78, 5) is 12.3. The van der Waals surface area contributed by atoms with Gasteiger partial charge in [0.05, 0.1) is 11.2 Å². The number of pyridine rings is 1. The molecule has 0 saturated carbocycles. The number of thiazole rings is 1. The number of aromatic nitrogens is 2. The fourth-order valence-electron chi connectivity index (χ4n) is 3.88. The molecule has 0 bridgehead atoms. The third kappa shape index (κ3) is 4.86. The van der Waals surface area contributed by atoms with Gasteiger partial charge in [-0.15, -0.1) is 11.3 Å². The highest BCUT2D eigenvalue weighted by atomic mass is 32.2. The van der Waals surface area contributed by atoms with Gasteiger partial charge in [0, 0.05) is 50.0 Å². The normalized spacial score (nSPS) is 17.1. The lowest BCUT2D eigenvalue weighted by Gasteiger charge is -2.29. The van der Waals surface area contributed by atoms with Crippen LogP contribution >= 0.6 is 11.3 Å². The molecule has 0 radical (unpaired) electrons. The van der Waals surface area contributed by atoms with E-state index in [0.717, 1.165) is 31.7 Å². The Morgan fingerprint density at radius 1 is 1.32 bits per heavy atom. The first-order valence-electron chi connectivity index (χ1n) is 9.90. The van der Waals surface area contributed by atoms with Crippen LogP contribution in [-0.4, -0.2) is 49.5 Å². The number of aryl methyl sites for hydroxylation is 1. The van der Waals surface area contributed by atoms with Crippen LogP contribution in [0.1, 0.15) is 17.7 Å². The largest absolute Gasteiger partial charge is 0.370 e. The molecule has 2 aromatic heterocycles. The first-order valence-corrected chi connectivity index (χ1v) is 12.3. The van der Waals surface area contributed by atoms with E-state index < -0.39 is 15.8 Å². The predicted molar refractivity (Wildman–Crippen MR) is 120 cm³/mol. The van der Waals surface area contributed by atoms with Crippen LogP contribution in [0.15, 0.2) is 52.3 Å². The van der Waals surface area contributed by atoms with Gasteiger partial charge in [-0.3, -0.25) is 14.6 Å². The molecular weight excluding hydrogens is 437 g/mol. The van der Waals surface area contributed by atoms with E-state index in [1.165, 1.54) is 29.0 Å². The molecule has 31 heavy (non-hydrogen) atoms. The van der Waals surface area contributed by atoms with Crippen LogP contribution in [0.2, 0.25) is 0 Å². The molecule has 1 atom stereocenters. The zero-order valence-electron chi connectivity index (χ0n) is 17.3. The first kappa shape index (κ1) is 21.7. The van der Waals surface area contributed by atoms with E-state index in [9.17, 15) is 12.8 Å². The van der Waals surface area contributed by atoms with E-state index in [2.05, 4.69) is 19.6 Å². The Kier molecular flexibility index (Phi) is 6.22. The van der Waals surface area contributed by atoms with Crippen molar-refractivity contribution in [2.75, 3.05) is 29.8 Å². The number of benzene rings is 1. The number of nitrogens with one attached hydrogen (secondary N) is 1. The minimum Gasteiger partial charge on any atom is -0.370 e. The minimum atomic E-state index is -4.06. The second-order valence-corrected chi connectivity index (χ2v) is 10.0. The molecule has 1 aliphatic rings. The maximum Gasteiger partial charge on any atom is 0.266 e. The lowest BCUT2D eigenvalue weighted by Crippen LogP contribution is -2.35. The molecule has 4 rings (SSSR count). The van der Waals surface area contributed by atoms with Gasteiger partial charge >= 0.3 is 0 Å². The van der Waals surface area contributed by atoms with Crippen LogP contribution in [0.5, 0.6) is 0 Å². The monoisotopic (exact) mass is 461 g/mol. The number of likely N-dealkylation sites (N-methyl/N-ethyl adjacent to an activating group) is 1. The fourth-order valence-corrected chi connectivity index (χ4v) is 5.58. The lowest BCUT2D eigenvalue weighted by atomic mass is 10.1. The molecule has 3 heterocycles. The highest BCUT2D eigenvalue weighted by Crippen LogP contribution is 2.30. The molecule has 10 heteroatoms. The Morgan fingerprint density at radius 3 is 2.87 bits per heavy atom. The van der Waals surface area contributed by atoms with Crippen LogP contribution < -0.4 is 9.62 Å². The highest BCUT2D eigenvalue weighted by Gasteiger charge is 2.28. The number of likely N-dealkylation sites (tertiary alicyclic amines) is 1. The SMILES string of the molecule is Cc1cc(S(=O)(=O)Nc2cscn2)c(F)cc1N(C)C1CCN(Cc2ccccn2)C1. The molecule has 1 aromatic carbocycles. The van der Waals surface area contributed by atoms with Crippen molar-refractivity contribution in [2.24, 2.45) is 0 Å². The number of hydrogen-bond donors (Lipinski definition) is 1. The van der Waals surface area contributed by atoms with Crippen molar-refractivity contribution in [3.63, 3.8) is 0 Å². The highest BCUT2D eigenvalue weighted by molar-refractivity contribution is 7.92. The molecule has 3 aromatic rings. The Balaban J connectivity index is 1.49. The average molecular weight is 462 g/mol. The van der Waals surface area contributed by atoms with Crippen LogP contribution in [-0.2, 0) is 16.6 Å². The van der Waals surface area contributed by atoms with Crippen molar-refractivity contribution in [1.29, 1.82) is 0 Å². The van der Waals surface area contributed by atoms with Crippen LogP contribution in [0.25, 0.3) is 0 Å². The zero-order chi connectivity index (χ0) is 22.0. The van der Waals surface area contributed by atoms with Gasteiger partial charge < -0.3 is 4.90 Å². The van der Waals surface area contributed by atoms with Gasteiger partial charge in [-0.2, -0.15) is 0 Å². The van der Waals surface area contributed by atoms with E-state index in [4.69, 9.17) is 0 Å². The predicted octanol–water partition coefficient (Wildman–Crippen LogP) is 3.50. The number of hydrogen-bond acceptors (Lipinski definition) is 7. The van der Waals surface area contributed by atoms with Crippen molar-refractivity contribution >= 4 is 32.9 Å². The molecule has 1 N–H and O–H groups in total. The van der Waals surface area contributed by atoms with Gasteiger partial charge in [-0.05, 0) is 43.2 Å². The molecule has 164 valence electrons. The van der Waals surface area contributed by atoms with Gasteiger partial charge in [-0.1, -0.05) is 6.07 Å². The van der Waals surface area contributed by atoms with Crippen molar-refractivity contribution < 1.29 is 12.8 Å². The number of nitrogens with zero attached hydrogens (tertiary/aromatic N) is 4. The minimum absolute atomic E-state index is 0.183. The third-order valence-electron chi connectivity index (χ3n) is 5.50. The quantitative estimate of drug-likeness (QED) is 0.580. The maximum atomic E-state index is 14.9. The van der Waals surface area contributed by atoms with Gasteiger partial charge in [0.2, 0.25) is 0 Å². The van der Waals surface area contributed by atoms with E-state index in [1.807, 2.05) is 30.1 Å².